The predicted octanol–water partition coefficient (Wildman–Crippen LogP) is -1.00. The van der Waals surface area contributed by atoms with Crippen LogP contribution in [0.4, 0.5) is 4.79 Å². The number of amides is 4. The highest BCUT2D eigenvalue weighted by Gasteiger charge is 2.26. The average molecular weight is 260 g/mol. The van der Waals surface area contributed by atoms with Gasteiger partial charge in [-0.25, -0.2) is 10.3 Å². The van der Waals surface area contributed by atoms with Crippen molar-refractivity contribution in [1.29, 1.82) is 0 Å². The zero-order valence-corrected chi connectivity index (χ0v) is 11.2. The molecule has 0 aliphatic heterocycles. The molecule has 3 N–H and O–H groups in total. The molecule has 0 aromatic carbocycles. The number of hydrogen-bond donors (Lipinski definition) is 3. The fourth-order valence-electron chi connectivity index (χ4n) is 1.14. The molecule has 0 aliphatic rings. The second-order valence-electron chi connectivity index (χ2n) is 4.17. The molecule has 0 heterocycles. The van der Waals surface area contributed by atoms with Crippen LogP contribution in [0, 0.1) is 0 Å². The summed E-state index contributed by atoms with van der Waals surface area (Å²) in [5, 5.41) is 11.0. The van der Waals surface area contributed by atoms with Gasteiger partial charge < -0.3 is 15.1 Å². The Hall–Kier alpha value is -1.83. The van der Waals surface area contributed by atoms with Crippen molar-refractivity contribution < 1.29 is 19.6 Å². The first-order chi connectivity index (χ1) is 8.22. The van der Waals surface area contributed by atoms with Crippen LogP contribution in [0.25, 0.3) is 0 Å². The van der Waals surface area contributed by atoms with Gasteiger partial charge in [0, 0.05) is 21.1 Å². The lowest BCUT2D eigenvalue weighted by Crippen LogP contribution is -2.53. The number of carbonyl (C=O) groups is 3. The van der Waals surface area contributed by atoms with E-state index >= 15 is 0 Å². The summed E-state index contributed by atoms with van der Waals surface area (Å²) in [6.45, 7) is 2.98. The van der Waals surface area contributed by atoms with Crippen molar-refractivity contribution in [2.45, 2.75) is 25.9 Å². The van der Waals surface area contributed by atoms with Gasteiger partial charge in [0.2, 0.25) is 5.91 Å². The molecule has 0 spiro atoms. The van der Waals surface area contributed by atoms with Gasteiger partial charge in [0.05, 0.1) is 0 Å². The molecule has 18 heavy (non-hydrogen) atoms. The summed E-state index contributed by atoms with van der Waals surface area (Å²) < 4.78 is 0. The number of hydroxylamine groups is 1. The minimum Gasteiger partial charge on any atom is -0.332 e. The van der Waals surface area contributed by atoms with Crippen LogP contribution in [0.5, 0.6) is 0 Å². The van der Waals surface area contributed by atoms with Crippen LogP contribution >= 0.6 is 0 Å². The molecule has 8 heteroatoms. The van der Waals surface area contributed by atoms with E-state index in [-0.39, 0.29) is 0 Å². The number of nitrogens with one attached hydrogen (secondary N) is 2. The van der Waals surface area contributed by atoms with Crippen LogP contribution in [0.1, 0.15) is 13.8 Å². The zero-order valence-electron chi connectivity index (χ0n) is 11.2. The Bertz CT molecular complexity index is 332. The minimum absolute atomic E-state index is 0.400. The first kappa shape index (κ1) is 16.2. The molecule has 0 rings (SSSR count). The van der Waals surface area contributed by atoms with E-state index in [4.69, 9.17) is 5.21 Å². The molecule has 0 saturated heterocycles. The van der Waals surface area contributed by atoms with Crippen molar-refractivity contribution in [3.63, 3.8) is 0 Å². The molecule has 104 valence electrons. The second-order valence-corrected chi connectivity index (χ2v) is 4.17. The Morgan fingerprint density at radius 3 is 2.00 bits per heavy atom. The summed E-state index contributed by atoms with van der Waals surface area (Å²) in [5.74, 6) is -1.13. The van der Waals surface area contributed by atoms with Crippen LogP contribution in [-0.4, -0.2) is 66.1 Å². The summed E-state index contributed by atoms with van der Waals surface area (Å²) in [6.07, 6.45) is 0. The molecule has 0 radical (unpaired) electrons. The van der Waals surface area contributed by atoms with Gasteiger partial charge in [-0.05, 0) is 13.8 Å². The van der Waals surface area contributed by atoms with Crippen molar-refractivity contribution in [2.24, 2.45) is 0 Å². The Labute approximate surface area is 106 Å². The molecule has 2 unspecified atom stereocenters. The van der Waals surface area contributed by atoms with E-state index < -0.39 is 29.9 Å². The Morgan fingerprint density at radius 2 is 1.61 bits per heavy atom. The quantitative estimate of drug-likeness (QED) is 0.445. The third-order valence-electron chi connectivity index (χ3n) is 2.53. The average Bonchev–Trinajstić information content (AvgIpc) is 2.34. The van der Waals surface area contributed by atoms with E-state index in [2.05, 4.69) is 5.32 Å². The SMILES string of the molecule is CC(NC(=O)N(C)C)C(=O)N(C)C(C)C(=O)NO. The van der Waals surface area contributed by atoms with Gasteiger partial charge in [-0.2, -0.15) is 0 Å². The molecule has 0 fully saturated rings. The first-order valence-corrected chi connectivity index (χ1v) is 5.40. The van der Waals surface area contributed by atoms with E-state index in [1.807, 2.05) is 0 Å². The molecule has 4 amide bonds. The standard InChI is InChI=1S/C10H20N4O4/c1-6(11-10(17)13(3)4)9(16)14(5)7(2)8(15)12-18/h6-7,18H,1-5H3,(H,11,17)(H,12,15). The zero-order chi connectivity index (χ0) is 14.5. The fraction of sp³-hybridized carbons (Fsp3) is 0.700. The van der Waals surface area contributed by atoms with Gasteiger partial charge in [-0.15, -0.1) is 0 Å². The number of rotatable bonds is 4. The Balaban J connectivity index is 4.55. The lowest BCUT2D eigenvalue weighted by Gasteiger charge is -2.27. The first-order valence-electron chi connectivity index (χ1n) is 5.40. The number of hydrogen-bond acceptors (Lipinski definition) is 4. The lowest BCUT2D eigenvalue weighted by atomic mass is 10.2. The van der Waals surface area contributed by atoms with Gasteiger partial charge in [0.1, 0.15) is 12.1 Å². The molecular formula is C10H20N4O4. The summed E-state index contributed by atoms with van der Waals surface area (Å²) in [5.41, 5.74) is 1.47. The Kier molecular flexibility index (Phi) is 6.11. The summed E-state index contributed by atoms with van der Waals surface area (Å²) >= 11 is 0. The third-order valence-corrected chi connectivity index (χ3v) is 2.53. The maximum Gasteiger partial charge on any atom is 0.317 e. The normalized spacial score (nSPS) is 13.2. The van der Waals surface area contributed by atoms with E-state index in [9.17, 15) is 14.4 Å². The molecule has 0 aromatic rings. The highest BCUT2D eigenvalue weighted by atomic mass is 16.5. The number of likely N-dealkylation sites (N-methyl/N-ethyl adjacent to an activating group) is 1. The highest BCUT2D eigenvalue weighted by Crippen LogP contribution is 2.00. The topological polar surface area (TPSA) is 102 Å². The van der Waals surface area contributed by atoms with Gasteiger partial charge in [0.15, 0.2) is 0 Å². The van der Waals surface area contributed by atoms with Gasteiger partial charge in [-0.3, -0.25) is 14.8 Å². The molecule has 0 aromatic heterocycles. The lowest BCUT2D eigenvalue weighted by molar-refractivity contribution is -0.143. The smallest absolute Gasteiger partial charge is 0.317 e. The fourth-order valence-corrected chi connectivity index (χ4v) is 1.14. The molecule has 0 saturated carbocycles. The van der Waals surface area contributed by atoms with Crippen molar-refractivity contribution in [2.75, 3.05) is 21.1 Å². The van der Waals surface area contributed by atoms with E-state index in [1.165, 1.54) is 31.3 Å². The molecule has 2 atom stereocenters. The second kappa shape index (κ2) is 6.80. The van der Waals surface area contributed by atoms with Crippen LogP contribution < -0.4 is 10.8 Å². The van der Waals surface area contributed by atoms with Gasteiger partial charge >= 0.3 is 6.03 Å². The van der Waals surface area contributed by atoms with Crippen LogP contribution in [0.3, 0.4) is 0 Å². The molecular weight excluding hydrogens is 240 g/mol. The monoisotopic (exact) mass is 260 g/mol. The van der Waals surface area contributed by atoms with Crippen molar-refractivity contribution >= 4 is 17.8 Å². The molecule has 0 bridgehead atoms. The van der Waals surface area contributed by atoms with Crippen molar-refractivity contribution in [3.8, 4) is 0 Å². The molecule has 0 aliphatic carbocycles. The third kappa shape index (κ3) is 4.21. The summed E-state index contributed by atoms with van der Waals surface area (Å²) in [4.78, 5) is 36.9. The van der Waals surface area contributed by atoms with E-state index in [0.29, 0.717) is 0 Å². The summed E-state index contributed by atoms with van der Waals surface area (Å²) in [7, 11) is 4.52. The van der Waals surface area contributed by atoms with Crippen LogP contribution in [-0.2, 0) is 9.59 Å². The number of carbonyl (C=O) groups excluding carboxylic acids is 3. The highest BCUT2D eigenvalue weighted by molar-refractivity contribution is 5.90. The van der Waals surface area contributed by atoms with Crippen molar-refractivity contribution in [3.05, 3.63) is 0 Å². The predicted molar refractivity (Wildman–Crippen MR) is 63.8 cm³/mol. The van der Waals surface area contributed by atoms with E-state index in [1.54, 1.807) is 14.1 Å². The number of urea groups is 1. The van der Waals surface area contributed by atoms with E-state index in [0.717, 1.165) is 4.90 Å². The van der Waals surface area contributed by atoms with Crippen molar-refractivity contribution in [1.82, 2.24) is 20.6 Å². The molecule has 8 nitrogen and oxygen atoms in total. The van der Waals surface area contributed by atoms with Gasteiger partial charge in [-0.1, -0.05) is 0 Å². The largest absolute Gasteiger partial charge is 0.332 e. The number of nitrogens with zero attached hydrogens (tertiary/aromatic N) is 2. The van der Waals surface area contributed by atoms with Crippen LogP contribution in [0.15, 0.2) is 0 Å². The van der Waals surface area contributed by atoms with Crippen LogP contribution in [0.2, 0.25) is 0 Å². The maximum atomic E-state index is 11.9. The maximum absolute atomic E-state index is 11.9. The Morgan fingerprint density at radius 1 is 1.11 bits per heavy atom. The minimum atomic E-state index is -0.832. The summed E-state index contributed by atoms with van der Waals surface area (Å²) in [6, 6.07) is -2.00. The van der Waals surface area contributed by atoms with Gasteiger partial charge in [0.25, 0.3) is 5.91 Å².